The minimum absolute atomic E-state index is 0.0164. The molecule has 1 aliphatic carbocycles. The summed E-state index contributed by atoms with van der Waals surface area (Å²) in [4.78, 5) is 13.1. The van der Waals surface area contributed by atoms with Crippen molar-refractivity contribution >= 4 is 5.91 Å². The Kier molecular flexibility index (Phi) is 3.98. The van der Waals surface area contributed by atoms with Gasteiger partial charge in [-0.2, -0.15) is 0 Å². The Morgan fingerprint density at radius 3 is 2.25 bits per heavy atom. The summed E-state index contributed by atoms with van der Waals surface area (Å²) in [5.74, 6) is 1.09. The van der Waals surface area contributed by atoms with E-state index in [2.05, 4.69) is 5.32 Å². The number of nitrogens with one attached hydrogen (secondary N) is 1. The summed E-state index contributed by atoms with van der Waals surface area (Å²) in [6.45, 7) is 0. The fraction of sp³-hybridized carbons (Fsp3) is 0.350. The normalized spacial score (nSPS) is 22.9. The number of hydrogen-bond donors (Lipinski definition) is 2. The van der Waals surface area contributed by atoms with Gasteiger partial charge in [-0.05, 0) is 37.8 Å². The molecule has 2 aliphatic rings. The fourth-order valence-corrected chi connectivity index (χ4v) is 3.77. The van der Waals surface area contributed by atoms with Crippen molar-refractivity contribution in [1.82, 2.24) is 5.32 Å². The Morgan fingerprint density at radius 2 is 1.62 bits per heavy atom. The van der Waals surface area contributed by atoms with Crippen LogP contribution in [0.25, 0.3) is 0 Å². The number of benzene rings is 2. The number of aliphatic hydroxyl groups excluding tert-OH is 1. The van der Waals surface area contributed by atoms with E-state index in [4.69, 9.17) is 4.74 Å². The molecule has 0 spiro atoms. The second-order valence-electron chi connectivity index (χ2n) is 6.64. The van der Waals surface area contributed by atoms with E-state index in [1.807, 2.05) is 48.5 Å². The van der Waals surface area contributed by atoms with Crippen LogP contribution in [0.2, 0.25) is 0 Å². The maximum atomic E-state index is 13.1. The first kappa shape index (κ1) is 15.2. The molecule has 124 valence electrons. The van der Waals surface area contributed by atoms with Crippen molar-refractivity contribution in [2.75, 3.05) is 0 Å². The number of fused-ring (bicyclic) bond motifs is 2. The molecule has 2 unspecified atom stereocenters. The van der Waals surface area contributed by atoms with Gasteiger partial charge in [0.15, 0.2) is 0 Å². The lowest BCUT2D eigenvalue weighted by molar-refractivity contribution is -0.123. The maximum absolute atomic E-state index is 13.1. The van der Waals surface area contributed by atoms with Gasteiger partial charge in [0.25, 0.3) is 0 Å². The van der Waals surface area contributed by atoms with E-state index in [1.54, 1.807) is 0 Å². The summed E-state index contributed by atoms with van der Waals surface area (Å²) in [6.07, 6.45) is 3.04. The fourth-order valence-electron chi connectivity index (χ4n) is 3.77. The van der Waals surface area contributed by atoms with Crippen molar-refractivity contribution in [3.8, 4) is 11.5 Å². The van der Waals surface area contributed by atoms with Crippen LogP contribution < -0.4 is 10.1 Å². The first-order valence-corrected chi connectivity index (χ1v) is 8.56. The van der Waals surface area contributed by atoms with Crippen molar-refractivity contribution in [1.29, 1.82) is 0 Å². The van der Waals surface area contributed by atoms with Gasteiger partial charge in [-0.15, -0.1) is 0 Å². The van der Waals surface area contributed by atoms with Gasteiger partial charge in [0.1, 0.15) is 11.5 Å². The van der Waals surface area contributed by atoms with Gasteiger partial charge in [-0.1, -0.05) is 36.4 Å². The molecule has 1 saturated carbocycles. The first-order valence-electron chi connectivity index (χ1n) is 8.56. The van der Waals surface area contributed by atoms with Crippen LogP contribution in [0.15, 0.2) is 48.5 Å². The van der Waals surface area contributed by atoms with E-state index in [1.165, 1.54) is 0 Å². The van der Waals surface area contributed by atoms with E-state index in [0.717, 1.165) is 41.9 Å². The highest BCUT2D eigenvalue weighted by Crippen LogP contribution is 2.44. The summed E-state index contributed by atoms with van der Waals surface area (Å²) in [6, 6.07) is 15.4. The number of rotatable bonds is 2. The van der Waals surface area contributed by atoms with Crippen molar-refractivity contribution in [2.45, 2.75) is 43.7 Å². The molecule has 0 saturated heterocycles. The summed E-state index contributed by atoms with van der Waals surface area (Å²) >= 11 is 0. The monoisotopic (exact) mass is 323 g/mol. The molecule has 2 N–H and O–H groups in total. The third kappa shape index (κ3) is 2.78. The molecule has 0 aromatic heterocycles. The van der Waals surface area contributed by atoms with Crippen LogP contribution in [0.5, 0.6) is 11.5 Å². The Balaban J connectivity index is 1.65. The largest absolute Gasteiger partial charge is 0.457 e. The Labute approximate surface area is 141 Å². The van der Waals surface area contributed by atoms with Gasteiger partial charge in [-0.25, -0.2) is 0 Å². The zero-order valence-electron chi connectivity index (χ0n) is 13.4. The molecule has 1 fully saturated rings. The van der Waals surface area contributed by atoms with Crippen LogP contribution in [0, 0.1) is 0 Å². The van der Waals surface area contributed by atoms with Crippen LogP contribution in [0.1, 0.15) is 42.7 Å². The minimum Gasteiger partial charge on any atom is -0.457 e. The molecule has 4 heteroatoms. The molecule has 1 heterocycles. The molecular weight excluding hydrogens is 302 g/mol. The van der Waals surface area contributed by atoms with Gasteiger partial charge >= 0.3 is 0 Å². The van der Waals surface area contributed by atoms with E-state index in [-0.39, 0.29) is 24.0 Å². The SMILES string of the molecule is O=C(NC1CCCC(O)C1)C1c2ccccc2Oc2ccccc21. The lowest BCUT2D eigenvalue weighted by Crippen LogP contribution is -2.42. The number of hydrogen-bond acceptors (Lipinski definition) is 3. The summed E-state index contributed by atoms with van der Waals surface area (Å²) in [5.41, 5.74) is 1.79. The average Bonchev–Trinajstić information content (AvgIpc) is 2.59. The number of carbonyl (C=O) groups is 1. The van der Waals surface area contributed by atoms with Gasteiger partial charge in [0, 0.05) is 17.2 Å². The van der Waals surface area contributed by atoms with Crippen molar-refractivity contribution in [2.24, 2.45) is 0 Å². The molecule has 2 atom stereocenters. The average molecular weight is 323 g/mol. The molecule has 1 amide bonds. The Morgan fingerprint density at radius 1 is 1.00 bits per heavy atom. The van der Waals surface area contributed by atoms with Gasteiger partial charge in [0.2, 0.25) is 5.91 Å². The molecule has 1 aliphatic heterocycles. The number of aliphatic hydroxyl groups is 1. The first-order chi connectivity index (χ1) is 11.7. The van der Waals surface area contributed by atoms with Crippen LogP contribution in [0.4, 0.5) is 0 Å². The molecule has 2 aromatic carbocycles. The minimum atomic E-state index is -0.370. The van der Waals surface area contributed by atoms with E-state index < -0.39 is 0 Å². The van der Waals surface area contributed by atoms with Gasteiger partial charge in [-0.3, -0.25) is 4.79 Å². The second-order valence-corrected chi connectivity index (χ2v) is 6.64. The Bertz CT molecular complexity index is 713. The number of ether oxygens (including phenoxy) is 1. The zero-order valence-corrected chi connectivity index (χ0v) is 13.4. The lowest BCUT2D eigenvalue weighted by Gasteiger charge is -2.31. The highest BCUT2D eigenvalue weighted by atomic mass is 16.5. The second kappa shape index (κ2) is 6.29. The molecule has 4 rings (SSSR count). The highest BCUT2D eigenvalue weighted by molar-refractivity contribution is 5.89. The van der Waals surface area contributed by atoms with Crippen molar-refractivity contribution in [3.63, 3.8) is 0 Å². The third-order valence-electron chi connectivity index (χ3n) is 4.94. The Hall–Kier alpha value is -2.33. The van der Waals surface area contributed by atoms with Gasteiger partial charge in [0.05, 0.1) is 12.0 Å². The number of para-hydroxylation sites is 2. The molecule has 0 bridgehead atoms. The number of amides is 1. The summed E-state index contributed by atoms with van der Waals surface area (Å²) < 4.78 is 5.94. The van der Waals surface area contributed by atoms with Crippen molar-refractivity contribution in [3.05, 3.63) is 59.7 Å². The maximum Gasteiger partial charge on any atom is 0.232 e. The van der Waals surface area contributed by atoms with E-state index in [0.29, 0.717) is 6.42 Å². The lowest BCUT2D eigenvalue weighted by atomic mass is 9.86. The summed E-state index contributed by atoms with van der Waals surface area (Å²) in [7, 11) is 0. The van der Waals surface area contributed by atoms with Crippen LogP contribution in [0.3, 0.4) is 0 Å². The smallest absolute Gasteiger partial charge is 0.232 e. The molecular formula is C20H21NO3. The van der Waals surface area contributed by atoms with E-state index >= 15 is 0 Å². The van der Waals surface area contributed by atoms with Crippen LogP contribution in [-0.4, -0.2) is 23.2 Å². The molecule has 2 aromatic rings. The molecule has 0 radical (unpaired) electrons. The predicted octanol–water partition coefficient (Wildman–Crippen LogP) is 3.34. The molecule has 24 heavy (non-hydrogen) atoms. The quantitative estimate of drug-likeness (QED) is 0.891. The third-order valence-corrected chi connectivity index (χ3v) is 4.94. The zero-order chi connectivity index (χ0) is 16.5. The van der Waals surface area contributed by atoms with Crippen molar-refractivity contribution < 1.29 is 14.6 Å². The van der Waals surface area contributed by atoms with Crippen LogP contribution in [-0.2, 0) is 4.79 Å². The molecule has 4 nitrogen and oxygen atoms in total. The van der Waals surface area contributed by atoms with Crippen LogP contribution >= 0.6 is 0 Å². The predicted molar refractivity (Wildman–Crippen MR) is 91.2 cm³/mol. The standard InChI is InChI=1S/C20H21NO3/c22-14-7-5-6-13(12-14)21-20(23)19-15-8-1-3-10-17(15)24-18-11-4-2-9-16(18)19/h1-4,8-11,13-14,19,22H,5-7,12H2,(H,21,23). The number of carbonyl (C=O) groups excluding carboxylic acids is 1. The van der Waals surface area contributed by atoms with E-state index in [9.17, 15) is 9.90 Å². The summed E-state index contributed by atoms with van der Waals surface area (Å²) in [5, 5.41) is 13.0. The van der Waals surface area contributed by atoms with Gasteiger partial charge < -0.3 is 15.2 Å². The highest BCUT2D eigenvalue weighted by Gasteiger charge is 2.34. The topological polar surface area (TPSA) is 58.6 Å².